The highest BCUT2D eigenvalue weighted by molar-refractivity contribution is 5.87. The summed E-state index contributed by atoms with van der Waals surface area (Å²) in [5, 5.41) is 10.0. The second-order valence-electron chi connectivity index (χ2n) is 4.33. The van der Waals surface area contributed by atoms with Crippen molar-refractivity contribution in [2.24, 2.45) is 0 Å². The number of nitrogens with one attached hydrogen (secondary N) is 2. The van der Waals surface area contributed by atoms with Crippen LogP contribution in [-0.2, 0) is 11.2 Å². The van der Waals surface area contributed by atoms with Gasteiger partial charge >= 0.3 is 5.97 Å². The zero-order valence-corrected chi connectivity index (χ0v) is 11.5. The first-order chi connectivity index (χ1) is 9.70. The topological polar surface area (TPSA) is 92.8 Å². The lowest BCUT2D eigenvalue weighted by atomic mass is 10.1. The monoisotopic (exact) mass is 275 g/mol. The molecule has 0 spiro atoms. The normalized spacial score (nSPS) is 10.3. The van der Waals surface area contributed by atoms with Crippen molar-refractivity contribution in [3.63, 3.8) is 0 Å². The quantitative estimate of drug-likeness (QED) is 0.610. The van der Waals surface area contributed by atoms with Crippen molar-refractivity contribution in [1.82, 2.24) is 20.2 Å². The summed E-state index contributed by atoms with van der Waals surface area (Å²) in [6.45, 7) is 2.74. The van der Waals surface area contributed by atoms with E-state index in [0.29, 0.717) is 5.82 Å². The number of hydrogen-bond donors (Lipinski definition) is 2. The van der Waals surface area contributed by atoms with Gasteiger partial charge in [-0.1, -0.05) is 0 Å². The summed E-state index contributed by atoms with van der Waals surface area (Å²) >= 11 is 0. The Morgan fingerprint density at radius 2 is 2.25 bits per heavy atom. The van der Waals surface area contributed by atoms with Crippen molar-refractivity contribution in [1.29, 1.82) is 0 Å². The molecule has 20 heavy (non-hydrogen) atoms. The Morgan fingerprint density at radius 3 is 2.95 bits per heavy atom. The first kappa shape index (κ1) is 14.0. The average Bonchev–Trinajstić information content (AvgIpc) is 2.88. The Labute approximate surface area is 116 Å². The molecule has 0 atom stereocenters. The number of rotatable bonds is 6. The van der Waals surface area contributed by atoms with Crippen molar-refractivity contribution in [2.75, 3.05) is 19.0 Å². The number of anilines is 1. The van der Waals surface area contributed by atoms with E-state index in [4.69, 9.17) is 0 Å². The van der Waals surface area contributed by atoms with Gasteiger partial charge in [-0.15, -0.1) is 0 Å². The van der Waals surface area contributed by atoms with Crippen molar-refractivity contribution in [3.05, 3.63) is 35.5 Å². The van der Waals surface area contributed by atoms with Gasteiger partial charge in [0.05, 0.1) is 25.7 Å². The minimum Gasteiger partial charge on any atom is -0.464 e. The van der Waals surface area contributed by atoms with Gasteiger partial charge in [0.2, 0.25) is 0 Å². The predicted molar refractivity (Wildman–Crippen MR) is 73.5 cm³/mol. The molecule has 0 radical (unpaired) electrons. The summed E-state index contributed by atoms with van der Waals surface area (Å²) in [5.41, 5.74) is 2.50. The van der Waals surface area contributed by atoms with Crippen LogP contribution < -0.4 is 5.32 Å². The molecule has 0 aromatic carbocycles. The largest absolute Gasteiger partial charge is 0.464 e. The number of esters is 1. The van der Waals surface area contributed by atoms with Crippen LogP contribution >= 0.6 is 0 Å². The SMILES string of the molecule is COC(=O)c1cncc(NCCCc2cn[nH]c2C)n1. The summed E-state index contributed by atoms with van der Waals surface area (Å²) in [6.07, 6.45) is 6.67. The lowest BCUT2D eigenvalue weighted by Gasteiger charge is -2.06. The Kier molecular flexibility index (Phi) is 4.65. The first-order valence-corrected chi connectivity index (χ1v) is 6.34. The highest BCUT2D eigenvalue weighted by Crippen LogP contribution is 2.07. The molecule has 0 unspecified atom stereocenters. The molecule has 0 fully saturated rings. The van der Waals surface area contributed by atoms with E-state index in [2.05, 4.69) is 30.2 Å². The van der Waals surface area contributed by atoms with E-state index in [1.807, 2.05) is 13.1 Å². The molecular formula is C13H17N5O2. The fourth-order valence-electron chi connectivity index (χ4n) is 1.78. The number of aromatic amines is 1. The maximum Gasteiger partial charge on any atom is 0.358 e. The molecule has 2 N–H and O–H groups in total. The number of nitrogens with zero attached hydrogens (tertiary/aromatic N) is 3. The molecule has 2 rings (SSSR count). The van der Waals surface area contributed by atoms with Crippen LogP contribution in [0.15, 0.2) is 18.6 Å². The van der Waals surface area contributed by atoms with Gasteiger partial charge < -0.3 is 10.1 Å². The van der Waals surface area contributed by atoms with Crippen LogP contribution in [0.2, 0.25) is 0 Å². The fraction of sp³-hybridized carbons (Fsp3) is 0.385. The molecule has 2 aromatic rings. The third-order valence-electron chi connectivity index (χ3n) is 2.89. The number of hydrogen-bond acceptors (Lipinski definition) is 6. The second kappa shape index (κ2) is 6.65. The van der Waals surface area contributed by atoms with E-state index in [1.54, 1.807) is 6.20 Å². The molecule has 0 aliphatic heterocycles. The smallest absolute Gasteiger partial charge is 0.358 e. The van der Waals surface area contributed by atoms with Gasteiger partial charge in [0, 0.05) is 12.2 Å². The fourth-order valence-corrected chi connectivity index (χ4v) is 1.78. The van der Waals surface area contributed by atoms with Gasteiger partial charge in [0.1, 0.15) is 5.82 Å². The summed E-state index contributed by atoms with van der Waals surface area (Å²) in [7, 11) is 1.32. The molecule has 2 aromatic heterocycles. The van der Waals surface area contributed by atoms with Crippen LogP contribution in [0.4, 0.5) is 5.82 Å². The number of H-pyrrole nitrogens is 1. The van der Waals surface area contributed by atoms with Crippen molar-refractivity contribution in [3.8, 4) is 0 Å². The summed E-state index contributed by atoms with van der Waals surface area (Å²) in [5.74, 6) is 0.0759. The predicted octanol–water partition coefficient (Wildman–Crippen LogP) is 1.34. The molecule has 0 bridgehead atoms. The molecule has 0 amide bonds. The number of methoxy groups -OCH3 is 1. The number of aromatic nitrogens is 4. The molecule has 106 valence electrons. The highest BCUT2D eigenvalue weighted by atomic mass is 16.5. The summed E-state index contributed by atoms with van der Waals surface area (Å²) in [4.78, 5) is 19.4. The van der Waals surface area contributed by atoms with E-state index >= 15 is 0 Å². The third-order valence-corrected chi connectivity index (χ3v) is 2.89. The molecule has 0 saturated carbocycles. The summed E-state index contributed by atoms with van der Waals surface area (Å²) in [6, 6.07) is 0. The van der Waals surface area contributed by atoms with Crippen molar-refractivity contribution in [2.45, 2.75) is 19.8 Å². The van der Waals surface area contributed by atoms with Crippen LogP contribution in [0.3, 0.4) is 0 Å². The van der Waals surface area contributed by atoms with E-state index in [-0.39, 0.29) is 5.69 Å². The lowest BCUT2D eigenvalue weighted by Crippen LogP contribution is -2.09. The molecule has 2 heterocycles. The zero-order chi connectivity index (χ0) is 14.4. The highest BCUT2D eigenvalue weighted by Gasteiger charge is 2.08. The average molecular weight is 275 g/mol. The van der Waals surface area contributed by atoms with Crippen LogP contribution in [0.25, 0.3) is 0 Å². The van der Waals surface area contributed by atoms with Crippen LogP contribution in [0.5, 0.6) is 0 Å². The Morgan fingerprint density at radius 1 is 1.40 bits per heavy atom. The van der Waals surface area contributed by atoms with Crippen molar-refractivity contribution < 1.29 is 9.53 Å². The standard InChI is InChI=1S/C13H17N5O2/c1-9-10(6-16-18-9)4-3-5-15-12-8-14-7-11(17-12)13(19)20-2/h6-8H,3-5H2,1-2H3,(H,15,17)(H,16,18). The van der Waals surface area contributed by atoms with Crippen LogP contribution in [-0.4, -0.2) is 39.8 Å². The van der Waals surface area contributed by atoms with Gasteiger partial charge in [-0.25, -0.2) is 9.78 Å². The Bertz CT molecular complexity index is 582. The number of carbonyl (C=O) groups is 1. The molecular weight excluding hydrogens is 258 g/mol. The Balaban J connectivity index is 1.82. The van der Waals surface area contributed by atoms with E-state index in [9.17, 15) is 4.79 Å². The van der Waals surface area contributed by atoms with Crippen LogP contribution in [0, 0.1) is 6.92 Å². The summed E-state index contributed by atoms with van der Waals surface area (Å²) < 4.78 is 4.60. The molecule has 0 aliphatic carbocycles. The third kappa shape index (κ3) is 3.53. The van der Waals surface area contributed by atoms with Gasteiger partial charge in [-0.05, 0) is 25.3 Å². The Hall–Kier alpha value is -2.44. The van der Waals surface area contributed by atoms with Crippen LogP contribution in [0.1, 0.15) is 28.2 Å². The number of ether oxygens (including phenoxy) is 1. The maximum atomic E-state index is 11.3. The molecule has 7 heteroatoms. The maximum absolute atomic E-state index is 11.3. The van der Waals surface area contributed by atoms with E-state index < -0.39 is 5.97 Å². The van der Waals surface area contributed by atoms with Gasteiger partial charge in [0.15, 0.2) is 5.69 Å². The number of carbonyl (C=O) groups excluding carboxylic acids is 1. The lowest BCUT2D eigenvalue weighted by molar-refractivity contribution is 0.0593. The molecule has 0 saturated heterocycles. The van der Waals surface area contributed by atoms with E-state index in [0.717, 1.165) is 25.1 Å². The minimum absolute atomic E-state index is 0.197. The number of aryl methyl sites for hydroxylation is 2. The zero-order valence-electron chi connectivity index (χ0n) is 11.5. The minimum atomic E-state index is -0.491. The molecule has 0 aliphatic rings. The van der Waals surface area contributed by atoms with Gasteiger partial charge in [0.25, 0.3) is 0 Å². The van der Waals surface area contributed by atoms with Crippen molar-refractivity contribution >= 4 is 11.8 Å². The second-order valence-corrected chi connectivity index (χ2v) is 4.33. The van der Waals surface area contributed by atoms with Gasteiger partial charge in [-0.3, -0.25) is 10.1 Å². The van der Waals surface area contributed by atoms with Gasteiger partial charge in [-0.2, -0.15) is 5.10 Å². The molecule has 7 nitrogen and oxygen atoms in total. The first-order valence-electron chi connectivity index (χ1n) is 6.34. The van der Waals surface area contributed by atoms with E-state index in [1.165, 1.54) is 18.9 Å².